The van der Waals surface area contributed by atoms with E-state index in [1.165, 1.54) is 0 Å². The van der Waals surface area contributed by atoms with E-state index in [2.05, 4.69) is 10.0 Å². The van der Waals surface area contributed by atoms with Crippen LogP contribution in [0.3, 0.4) is 0 Å². The van der Waals surface area contributed by atoms with E-state index in [0.29, 0.717) is 12.1 Å². The van der Waals surface area contributed by atoms with Gasteiger partial charge >= 0.3 is 0 Å². The molecule has 0 aliphatic carbocycles. The normalized spacial score (nSPS) is 11.1. The van der Waals surface area contributed by atoms with Crippen LogP contribution in [-0.4, -0.2) is 20.9 Å². The Bertz CT molecular complexity index is 845. The van der Waals surface area contributed by atoms with Crippen LogP contribution in [0.25, 0.3) is 0 Å². The number of benzene rings is 2. The SMILES string of the molecule is CCCNC(=O)c1ccccc1NS(=O)(=O)c1ccc(C)c(C)c1. The molecule has 0 saturated carbocycles. The summed E-state index contributed by atoms with van der Waals surface area (Å²) in [5, 5.41) is 2.76. The first kappa shape index (κ1) is 18.0. The number of amides is 1. The van der Waals surface area contributed by atoms with Gasteiger partial charge < -0.3 is 5.32 Å². The number of aryl methyl sites for hydroxylation is 2. The van der Waals surface area contributed by atoms with E-state index in [9.17, 15) is 13.2 Å². The van der Waals surface area contributed by atoms with Gasteiger partial charge in [0.15, 0.2) is 0 Å². The second-order valence-corrected chi connectivity index (χ2v) is 7.34. The Hall–Kier alpha value is -2.34. The van der Waals surface area contributed by atoms with E-state index in [-0.39, 0.29) is 16.5 Å². The molecule has 5 nitrogen and oxygen atoms in total. The Morgan fingerprint density at radius 2 is 1.75 bits per heavy atom. The average Bonchev–Trinajstić information content (AvgIpc) is 2.55. The van der Waals surface area contributed by atoms with Gasteiger partial charge in [0, 0.05) is 6.54 Å². The van der Waals surface area contributed by atoms with Crippen molar-refractivity contribution in [2.75, 3.05) is 11.3 Å². The number of anilines is 1. The Balaban J connectivity index is 2.33. The highest BCUT2D eigenvalue weighted by atomic mass is 32.2. The molecule has 2 N–H and O–H groups in total. The van der Waals surface area contributed by atoms with Gasteiger partial charge in [0.1, 0.15) is 0 Å². The molecule has 0 atom stereocenters. The van der Waals surface area contributed by atoms with Gasteiger partial charge in [-0.2, -0.15) is 0 Å². The zero-order valence-corrected chi connectivity index (χ0v) is 14.9. The summed E-state index contributed by atoms with van der Waals surface area (Å²) in [6, 6.07) is 11.5. The fourth-order valence-electron chi connectivity index (χ4n) is 2.19. The van der Waals surface area contributed by atoms with E-state index < -0.39 is 10.0 Å². The molecule has 1 amide bonds. The molecule has 0 unspecified atom stereocenters. The highest BCUT2D eigenvalue weighted by molar-refractivity contribution is 7.92. The molecule has 0 fully saturated rings. The van der Waals surface area contributed by atoms with Gasteiger partial charge in [0.05, 0.1) is 16.1 Å². The predicted molar refractivity (Wildman–Crippen MR) is 95.8 cm³/mol. The molecule has 0 bridgehead atoms. The summed E-state index contributed by atoms with van der Waals surface area (Å²) in [4.78, 5) is 12.4. The van der Waals surface area contributed by atoms with Crippen LogP contribution in [-0.2, 0) is 10.0 Å². The molecule has 0 heterocycles. The van der Waals surface area contributed by atoms with Crippen LogP contribution in [0.15, 0.2) is 47.4 Å². The van der Waals surface area contributed by atoms with E-state index in [1.54, 1.807) is 42.5 Å². The maximum Gasteiger partial charge on any atom is 0.261 e. The lowest BCUT2D eigenvalue weighted by molar-refractivity contribution is 0.0954. The Morgan fingerprint density at radius 1 is 1.04 bits per heavy atom. The molecule has 2 rings (SSSR count). The molecular formula is C18H22N2O3S. The molecule has 2 aromatic carbocycles. The van der Waals surface area contributed by atoms with Crippen LogP contribution in [0, 0.1) is 13.8 Å². The molecule has 2 aromatic rings. The van der Waals surface area contributed by atoms with Gasteiger partial charge in [0.25, 0.3) is 15.9 Å². The summed E-state index contributed by atoms with van der Waals surface area (Å²) in [6.45, 7) is 6.28. The van der Waals surface area contributed by atoms with Crippen molar-refractivity contribution >= 4 is 21.6 Å². The Morgan fingerprint density at radius 3 is 2.42 bits per heavy atom. The minimum absolute atomic E-state index is 0.175. The summed E-state index contributed by atoms with van der Waals surface area (Å²) < 4.78 is 27.7. The van der Waals surface area contributed by atoms with Crippen LogP contribution in [0.2, 0.25) is 0 Å². The number of carbonyl (C=O) groups excluding carboxylic acids is 1. The maximum absolute atomic E-state index is 12.6. The minimum Gasteiger partial charge on any atom is -0.352 e. The third kappa shape index (κ3) is 4.14. The number of hydrogen-bond donors (Lipinski definition) is 2. The lowest BCUT2D eigenvalue weighted by Gasteiger charge is -2.13. The molecular weight excluding hydrogens is 324 g/mol. The number of sulfonamides is 1. The van der Waals surface area contributed by atoms with Gasteiger partial charge in [0.2, 0.25) is 0 Å². The van der Waals surface area contributed by atoms with Gasteiger partial charge in [-0.25, -0.2) is 8.42 Å². The van der Waals surface area contributed by atoms with Crippen LogP contribution in [0.5, 0.6) is 0 Å². The van der Waals surface area contributed by atoms with E-state index in [4.69, 9.17) is 0 Å². The van der Waals surface area contributed by atoms with E-state index in [0.717, 1.165) is 17.5 Å². The smallest absolute Gasteiger partial charge is 0.261 e. The number of carbonyl (C=O) groups is 1. The van der Waals surface area contributed by atoms with Crippen LogP contribution in [0.4, 0.5) is 5.69 Å². The van der Waals surface area contributed by atoms with Crippen molar-refractivity contribution < 1.29 is 13.2 Å². The largest absolute Gasteiger partial charge is 0.352 e. The highest BCUT2D eigenvalue weighted by Crippen LogP contribution is 2.21. The average molecular weight is 346 g/mol. The van der Waals surface area contributed by atoms with E-state index in [1.807, 2.05) is 20.8 Å². The number of hydrogen-bond acceptors (Lipinski definition) is 3. The van der Waals surface area contributed by atoms with Gasteiger partial charge in [-0.3, -0.25) is 9.52 Å². The van der Waals surface area contributed by atoms with Crippen LogP contribution < -0.4 is 10.0 Å². The number of para-hydroxylation sites is 1. The van der Waals surface area contributed by atoms with Crippen LogP contribution in [0.1, 0.15) is 34.8 Å². The number of nitrogens with one attached hydrogen (secondary N) is 2. The summed E-state index contributed by atoms with van der Waals surface area (Å²) in [7, 11) is -3.76. The Kier molecular flexibility index (Phi) is 5.62. The first-order chi connectivity index (χ1) is 11.3. The summed E-state index contributed by atoms with van der Waals surface area (Å²) in [5.74, 6) is -0.296. The van der Waals surface area contributed by atoms with Gasteiger partial charge in [-0.05, 0) is 55.7 Å². The van der Waals surface area contributed by atoms with Crippen molar-refractivity contribution in [3.63, 3.8) is 0 Å². The molecule has 24 heavy (non-hydrogen) atoms. The third-order valence-corrected chi connectivity index (χ3v) is 5.10. The lowest BCUT2D eigenvalue weighted by Crippen LogP contribution is -2.25. The molecule has 0 aromatic heterocycles. The molecule has 0 aliphatic rings. The maximum atomic E-state index is 12.6. The second-order valence-electron chi connectivity index (χ2n) is 5.65. The van der Waals surface area contributed by atoms with Crippen molar-refractivity contribution in [3.8, 4) is 0 Å². The Labute approximate surface area is 143 Å². The third-order valence-electron chi connectivity index (χ3n) is 3.74. The van der Waals surface area contributed by atoms with Crippen LogP contribution >= 0.6 is 0 Å². The molecule has 0 saturated heterocycles. The monoisotopic (exact) mass is 346 g/mol. The summed E-state index contributed by atoms with van der Waals surface area (Å²) >= 11 is 0. The van der Waals surface area contributed by atoms with Crippen molar-refractivity contribution in [1.29, 1.82) is 0 Å². The van der Waals surface area contributed by atoms with Crippen molar-refractivity contribution in [1.82, 2.24) is 5.32 Å². The zero-order chi connectivity index (χ0) is 17.7. The van der Waals surface area contributed by atoms with Crippen molar-refractivity contribution in [3.05, 3.63) is 59.2 Å². The fourth-order valence-corrected chi connectivity index (χ4v) is 3.35. The predicted octanol–water partition coefficient (Wildman–Crippen LogP) is 3.24. The second kappa shape index (κ2) is 7.49. The van der Waals surface area contributed by atoms with Gasteiger partial charge in [-0.15, -0.1) is 0 Å². The fraction of sp³-hybridized carbons (Fsp3) is 0.278. The lowest BCUT2D eigenvalue weighted by atomic mass is 10.1. The number of rotatable bonds is 6. The molecule has 128 valence electrons. The molecule has 0 aliphatic heterocycles. The molecule has 6 heteroatoms. The van der Waals surface area contributed by atoms with Gasteiger partial charge in [-0.1, -0.05) is 25.1 Å². The summed E-state index contributed by atoms with van der Waals surface area (Å²) in [5.41, 5.74) is 2.49. The topological polar surface area (TPSA) is 75.3 Å². The standard InChI is InChI=1S/C18H22N2O3S/c1-4-11-19-18(21)16-7-5-6-8-17(16)20-24(22,23)15-10-9-13(2)14(3)12-15/h5-10,12,20H,4,11H2,1-3H3,(H,19,21). The van der Waals surface area contributed by atoms with Crippen molar-refractivity contribution in [2.45, 2.75) is 32.1 Å². The zero-order valence-electron chi connectivity index (χ0n) is 14.1. The molecule has 0 spiro atoms. The quantitative estimate of drug-likeness (QED) is 0.843. The first-order valence-electron chi connectivity index (χ1n) is 7.82. The minimum atomic E-state index is -3.76. The summed E-state index contributed by atoms with van der Waals surface area (Å²) in [6.07, 6.45) is 0.808. The highest BCUT2D eigenvalue weighted by Gasteiger charge is 2.18. The van der Waals surface area contributed by atoms with E-state index >= 15 is 0 Å². The molecule has 0 radical (unpaired) electrons. The van der Waals surface area contributed by atoms with Crippen molar-refractivity contribution in [2.24, 2.45) is 0 Å². The first-order valence-corrected chi connectivity index (χ1v) is 9.30.